The van der Waals surface area contributed by atoms with E-state index in [0.717, 1.165) is 27.9 Å². The smallest absolute Gasteiger partial charge is 0.238 e. The third kappa shape index (κ3) is 2.80. The zero-order chi connectivity index (χ0) is 18.9. The van der Waals surface area contributed by atoms with Gasteiger partial charge in [0.25, 0.3) is 0 Å². The maximum absolute atomic E-state index is 13.8. The second-order valence-electron chi connectivity index (χ2n) is 7.11. The summed E-state index contributed by atoms with van der Waals surface area (Å²) in [6.45, 7) is 2.37. The second kappa shape index (κ2) is 6.74. The predicted molar refractivity (Wildman–Crippen MR) is 107 cm³/mol. The number of amides is 1. The number of para-hydroxylation sites is 1. The van der Waals surface area contributed by atoms with E-state index in [1.165, 1.54) is 0 Å². The van der Waals surface area contributed by atoms with E-state index >= 15 is 0 Å². The van der Waals surface area contributed by atoms with E-state index in [0.29, 0.717) is 6.54 Å². The van der Waals surface area contributed by atoms with E-state index in [1.54, 1.807) is 0 Å². The number of benzene rings is 3. The van der Waals surface area contributed by atoms with Gasteiger partial charge >= 0.3 is 0 Å². The van der Waals surface area contributed by atoms with E-state index < -0.39 is 5.41 Å². The molecule has 1 aliphatic heterocycles. The topological polar surface area (TPSA) is 44.1 Å². The molecule has 1 heterocycles. The van der Waals surface area contributed by atoms with Gasteiger partial charge < -0.3 is 4.90 Å². The molecule has 0 aliphatic carbocycles. The Morgan fingerprint density at radius 2 is 1.52 bits per heavy atom. The number of carbonyl (C=O) groups excluding carboxylic acids is 1. The molecule has 4 rings (SSSR count). The lowest BCUT2D eigenvalue weighted by Crippen LogP contribution is -2.44. The molecule has 1 atom stereocenters. The minimum Gasteiger partial charge on any atom is -0.307 e. The molecule has 0 fully saturated rings. The monoisotopic (exact) mass is 352 g/mol. The first-order chi connectivity index (χ1) is 13.1. The van der Waals surface area contributed by atoms with Crippen LogP contribution in [0.3, 0.4) is 0 Å². The van der Waals surface area contributed by atoms with Crippen molar-refractivity contribution >= 4 is 11.6 Å². The summed E-state index contributed by atoms with van der Waals surface area (Å²) < 4.78 is 0. The number of nitrogens with zero attached hydrogens (tertiary/aromatic N) is 2. The fourth-order valence-electron chi connectivity index (χ4n) is 3.91. The van der Waals surface area contributed by atoms with Crippen molar-refractivity contribution in [2.45, 2.75) is 25.3 Å². The molecule has 0 spiro atoms. The average Bonchev–Trinajstić information content (AvgIpc) is 2.78. The number of rotatable bonds is 3. The van der Waals surface area contributed by atoms with E-state index in [-0.39, 0.29) is 12.3 Å². The molecule has 3 aromatic carbocycles. The lowest BCUT2D eigenvalue weighted by molar-refractivity contribution is -0.123. The first-order valence-corrected chi connectivity index (χ1v) is 9.07. The zero-order valence-electron chi connectivity index (χ0n) is 15.2. The summed E-state index contributed by atoms with van der Waals surface area (Å²) in [6.07, 6.45) is 0.141. The van der Waals surface area contributed by atoms with Gasteiger partial charge in [-0.05, 0) is 29.7 Å². The lowest BCUT2D eigenvalue weighted by atomic mass is 9.76. The fraction of sp³-hybridized carbons (Fsp3) is 0.167. The summed E-state index contributed by atoms with van der Waals surface area (Å²) in [5.41, 5.74) is 4.03. The van der Waals surface area contributed by atoms with Crippen LogP contribution >= 0.6 is 0 Å². The van der Waals surface area contributed by atoms with Crippen LogP contribution in [0.15, 0.2) is 78.9 Å². The molecular weight excluding hydrogens is 332 g/mol. The van der Waals surface area contributed by atoms with Crippen LogP contribution < -0.4 is 4.90 Å². The number of hydrogen-bond donors (Lipinski definition) is 0. The van der Waals surface area contributed by atoms with Crippen molar-refractivity contribution in [2.75, 3.05) is 4.90 Å². The van der Waals surface area contributed by atoms with Crippen molar-refractivity contribution in [3.63, 3.8) is 0 Å². The Morgan fingerprint density at radius 3 is 2.26 bits per heavy atom. The van der Waals surface area contributed by atoms with Crippen LogP contribution in [0.1, 0.15) is 24.5 Å². The van der Waals surface area contributed by atoms with Gasteiger partial charge in [0.05, 0.1) is 30.1 Å². The number of hydrogen-bond acceptors (Lipinski definition) is 2. The van der Waals surface area contributed by atoms with Crippen molar-refractivity contribution in [3.8, 4) is 17.2 Å². The summed E-state index contributed by atoms with van der Waals surface area (Å²) in [4.78, 5) is 15.6. The highest BCUT2D eigenvalue weighted by Gasteiger charge is 2.43. The van der Waals surface area contributed by atoms with E-state index in [4.69, 9.17) is 0 Å². The molecule has 0 radical (unpaired) electrons. The zero-order valence-corrected chi connectivity index (χ0v) is 15.2. The van der Waals surface area contributed by atoms with Crippen LogP contribution in [0.4, 0.5) is 5.69 Å². The van der Waals surface area contributed by atoms with Crippen LogP contribution in [-0.2, 0) is 16.8 Å². The summed E-state index contributed by atoms with van der Waals surface area (Å²) in [6, 6.07) is 28.2. The minimum absolute atomic E-state index is 0.0368. The van der Waals surface area contributed by atoms with Crippen LogP contribution in [0.25, 0.3) is 11.1 Å². The van der Waals surface area contributed by atoms with E-state index in [2.05, 4.69) is 12.1 Å². The summed E-state index contributed by atoms with van der Waals surface area (Å²) in [5.74, 6) is -0.0368. The third-order valence-electron chi connectivity index (χ3n) is 5.34. The normalized spacial score (nSPS) is 18.2. The Hall–Kier alpha value is -3.38. The third-order valence-corrected chi connectivity index (χ3v) is 5.34. The Labute approximate surface area is 159 Å². The molecule has 3 nitrogen and oxygen atoms in total. The van der Waals surface area contributed by atoms with Gasteiger partial charge in [0.1, 0.15) is 0 Å². The van der Waals surface area contributed by atoms with Crippen LogP contribution in [0.2, 0.25) is 0 Å². The molecule has 0 aromatic heterocycles. The molecule has 0 N–H and O–H groups in total. The van der Waals surface area contributed by atoms with E-state index in [9.17, 15) is 10.1 Å². The largest absolute Gasteiger partial charge is 0.307 e. The van der Waals surface area contributed by atoms with Crippen LogP contribution in [0.5, 0.6) is 0 Å². The Balaban J connectivity index is 1.96. The van der Waals surface area contributed by atoms with Gasteiger partial charge in [-0.25, -0.2) is 0 Å². The fourth-order valence-corrected chi connectivity index (χ4v) is 3.91. The van der Waals surface area contributed by atoms with Crippen molar-refractivity contribution in [3.05, 3.63) is 90.0 Å². The summed E-state index contributed by atoms with van der Waals surface area (Å²) in [5, 5.41) is 9.49. The van der Waals surface area contributed by atoms with Crippen molar-refractivity contribution in [1.82, 2.24) is 0 Å². The second-order valence-corrected chi connectivity index (χ2v) is 7.11. The van der Waals surface area contributed by atoms with Crippen molar-refractivity contribution < 1.29 is 4.79 Å². The maximum atomic E-state index is 13.8. The molecule has 1 aliphatic rings. The van der Waals surface area contributed by atoms with Crippen LogP contribution in [-0.4, -0.2) is 5.91 Å². The quantitative estimate of drug-likeness (QED) is 0.660. The molecule has 1 amide bonds. The Kier molecular flexibility index (Phi) is 4.25. The maximum Gasteiger partial charge on any atom is 0.238 e. The minimum atomic E-state index is -0.890. The molecule has 3 heteroatoms. The van der Waals surface area contributed by atoms with Gasteiger partial charge in [-0.15, -0.1) is 0 Å². The Morgan fingerprint density at radius 1 is 0.889 bits per heavy atom. The SMILES string of the molecule is CC1(CC#N)C(=O)N(Cc2ccccc2)c2ccccc2-c2ccccc21. The van der Waals surface area contributed by atoms with Gasteiger partial charge in [-0.1, -0.05) is 72.8 Å². The van der Waals surface area contributed by atoms with Crippen LogP contribution in [0, 0.1) is 11.3 Å². The standard InChI is InChI=1S/C24H20N2O/c1-24(15-16-25)21-13-7-5-11-19(21)20-12-6-8-14-22(20)26(23(24)27)17-18-9-3-2-4-10-18/h2-14H,15,17H2,1H3. The summed E-state index contributed by atoms with van der Waals surface area (Å²) >= 11 is 0. The molecule has 3 aromatic rings. The van der Waals surface area contributed by atoms with Gasteiger partial charge in [0.15, 0.2) is 0 Å². The van der Waals surface area contributed by atoms with Gasteiger partial charge in [0.2, 0.25) is 5.91 Å². The Bertz CT molecular complexity index is 1040. The number of anilines is 1. The van der Waals surface area contributed by atoms with Gasteiger partial charge in [-0.3, -0.25) is 4.79 Å². The van der Waals surface area contributed by atoms with Crippen molar-refractivity contribution in [1.29, 1.82) is 5.26 Å². The van der Waals surface area contributed by atoms with E-state index in [1.807, 2.05) is 84.6 Å². The van der Waals surface area contributed by atoms with Gasteiger partial charge in [-0.2, -0.15) is 5.26 Å². The predicted octanol–water partition coefficient (Wildman–Crippen LogP) is 5.07. The highest BCUT2D eigenvalue weighted by Crippen LogP contribution is 2.45. The van der Waals surface area contributed by atoms with Crippen molar-refractivity contribution in [2.24, 2.45) is 0 Å². The number of carbonyl (C=O) groups is 1. The molecule has 132 valence electrons. The molecule has 0 bridgehead atoms. The highest BCUT2D eigenvalue weighted by molar-refractivity contribution is 6.07. The van der Waals surface area contributed by atoms with Gasteiger partial charge in [0, 0.05) is 5.56 Å². The molecule has 27 heavy (non-hydrogen) atoms. The molecule has 0 saturated carbocycles. The number of nitriles is 1. The summed E-state index contributed by atoms with van der Waals surface area (Å²) in [7, 11) is 0. The molecule has 1 unspecified atom stereocenters. The average molecular weight is 352 g/mol. The lowest BCUT2D eigenvalue weighted by Gasteiger charge is -2.32. The highest BCUT2D eigenvalue weighted by atomic mass is 16.2. The number of fused-ring (bicyclic) bond motifs is 3. The first kappa shape index (κ1) is 17.1. The molecule has 0 saturated heterocycles. The first-order valence-electron chi connectivity index (χ1n) is 9.07. The molecular formula is C24H20N2O.